The van der Waals surface area contributed by atoms with Gasteiger partial charge in [0.05, 0.1) is 12.1 Å². The van der Waals surface area contributed by atoms with Crippen molar-refractivity contribution in [2.45, 2.75) is 31.5 Å². The summed E-state index contributed by atoms with van der Waals surface area (Å²) in [4.78, 5) is 24.3. The van der Waals surface area contributed by atoms with Crippen LogP contribution in [-0.4, -0.2) is 45.8 Å². The highest BCUT2D eigenvalue weighted by Crippen LogP contribution is 2.21. The predicted octanol–water partition coefficient (Wildman–Crippen LogP) is 1.12. The fraction of sp³-hybridized carbons (Fsp3) is 0.429. The molecule has 21 heavy (non-hydrogen) atoms. The lowest BCUT2D eigenvalue weighted by Gasteiger charge is -2.24. The van der Waals surface area contributed by atoms with E-state index in [1.165, 1.54) is 6.07 Å². The van der Waals surface area contributed by atoms with Crippen LogP contribution in [0.15, 0.2) is 24.3 Å². The average Bonchev–Trinajstić information content (AvgIpc) is 2.81. The smallest absolute Gasteiger partial charge is 0.326 e. The van der Waals surface area contributed by atoms with Crippen LogP contribution in [0.5, 0.6) is 0 Å². The molecule has 7 heteroatoms. The van der Waals surface area contributed by atoms with Crippen molar-refractivity contribution in [2.24, 2.45) is 0 Å². The first-order valence-corrected chi connectivity index (χ1v) is 6.62. The number of carboxylic acid groups (broad SMARTS) is 1. The molecule has 1 fully saturated rings. The lowest BCUT2D eigenvalue weighted by Crippen LogP contribution is -2.46. The van der Waals surface area contributed by atoms with Crippen LogP contribution in [0.4, 0.5) is 9.18 Å². The molecule has 2 amide bonds. The number of nitrogens with one attached hydrogen (secondary N) is 1. The van der Waals surface area contributed by atoms with Gasteiger partial charge >= 0.3 is 12.0 Å². The summed E-state index contributed by atoms with van der Waals surface area (Å²) >= 11 is 0. The molecular weight excluding hydrogens is 279 g/mol. The van der Waals surface area contributed by atoms with Crippen molar-refractivity contribution in [3.05, 3.63) is 35.6 Å². The molecule has 3 unspecified atom stereocenters. The van der Waals surface area contributed by atoms with Gasteiger partial charge in [-0.25, -0.2) is 14.0 Å². The largest absolute Gasteiger partial charge is 0.480 e. The number of carbonyl (C=O) groups is 2. The van der Waals surface area contributed by atoms with Crippen LogP contribution in [0.25, 0.3) is 0 Å². The van der Waals surface area contributed by atoms with E-state index in [0.29, 0.717) is 5.56 Å². The topological polar surface area (TPSA) is 89.9 Å². The molecule has 6 nitrogen and oxygen atoms in total. The normalized spacial score (nSPS) is 22.9. The summed E-state index contributed by atoms with van der Waals surface area (Å²) in [6.07, 6.45) is -0.864. The molecule has 114 valence electrons. The molecule has 0 bridgehead atoms. The van der Waals surface area contributed by atoms with E-state index in [4.69, 9.17) is 5.11 Å². The maximum atomic E-state index is 13.6. The number of carbonyl (C=O) groups excluding carboxylic acids is 1. The molecule has 3 N–H and O–H groups in total. The average molecular weight is 296 g/mol. The van der Waals surface area contributed by atoms with Gasteiger partial charge in [0.1, 0.15) is 11.9 Å². The molecule has 0 radical (unpaired) electrons. The molecule has 1 saturated heterocycles. The first kappa shape index (κ1) is 15.2. The van der Waals surface area contributed by atoms with Crippen molar-refractivity contribution in [3.8, 4) is 0 Å². The Morgan fingerprint density at radius 3 is 2.71 bits per heavy atom. The van der Waals surface area contributed by atoms with Crippen LogP contribution in [0.1, 0.15) is 24.9 Å². The van der Waals surface area contributed by atoms with Gasteiger partial charge in [0.25, 0.3) is 0 Å². The van der Waals surface area contributed by atoms with Crippen molar-refractivity contribution in [1.82, 2.24) is 10.2 Å². The molecule has 1 heterocycles. The van der Waals surface area contributed by atoms with Crippen molar-refractivity contribution in [1.29, 1.82) is 0 Å². The highest BCUT2D eigenvalue weighted by molar-refractivity contribution is 5.83. The number of nitrogens with zero attached hydrogens (tertiary/aromatic N) is 1. The maximum Gasteiger partial charge on any atom is 0.326 e. The Morgan fingerprint density at radius 2 is 2.10 bits per heavy atom. The minimum absolute atomic E-state index is 0.00314. The predicted molar refractivity (Wildman–Crippen MR) is 72.1 cm³/mol. The maximum absolute atomic E-state index is 13.6. The number of amides is 2. The fourth-order valence-electron chi connectivity index (χ4n) is 2.44. The minimum Gasteiger partial charge on any atom is -0.480 e. The monoisotopic (exact) mass is 296 g/mol. The summed E-state index contributed by atoms with van der Waals surface area (Å²) in [6.45, 7) is 1.56. The number of β-amino-alcohol motifs (C(OH)–C–C–N with tert-alkyl or cyclic N) is 1. The van der Waals surface area contributed by atoms with Crippen LogP contribution < -0.4 is 5.32 Å². The third-order valence-electron chi connectivity index (χ3n) is 3.54. The molecule has 0 saturated carbocycles. The third-order valence-corrected chi connectivity index (χ3v) is 3.54. The van der Waals surface area contributed by atoms with Crippen molar-refractivity contribution < 1.29 is 24.2 Å². The molecule has 0 aliphatic carbocycles. The lowest BCUT2D eigenvalue weighted by molar-refractivity contribution is -0.141. The Labute approximate surface area is 121 Å². The van der Waals surface area contributed by atoms with E-state index in [1.807, 2.05) is 0 Å². The third kappa shape index (κ3) is 3.30. The number of aliphatic hydroxyl groups excluding tert-OH is 1. The van der Waals surface area contributed by atoms with E-state index in [1.54, 1.807) is 25.1 Å². The molecular formula is C14H17FN2O4. The van der Waals surface area contributed by atoms with Gasteiger partial charge in [-0.3, -0.25) is 0 Å². The van der Waals surface area contributed by atoms with Gasteiger partial charge in [-0.1, -0.05) is 18.2 Å². The van der Waals surface area contributed by atoms with E-state index >= 15 is 0 Å². The van der Waals surface area contributed by atoms with Crippen molar-refractivity contribution >= 4 is 12.0 Å². The van der Waals surface area contributed by atoms with Gasteiger partial charge in [0.2, 0.25) is 0 Å². The van der Waals surface area contributed by atoms with Crippen LogP contribution in [0.2, 0.25) is 0 Å². The second-order valence-corrected chi connectivity index (χ2v) is 5.09. The van der Waals surface area contributed by atoms with Gasteiger partial charge < -0.3 is 20.4 Å². The van der Waals surface area contributed by atoms with E-state index in [0.717, 1.165) is 4.90 Å². The van der Waals surface area contributed by atoms with Gasteiger partial charge in [-0.15, -0.1) is 0 Å². The van der Waals surface area contributed by atoms with E-state index in [2.05, 4.69) is 5.32 Å². The Kier molecular flexibility index (Phi) is 4.42. The Hall–Kier alpha value is -2.15. The molecule has 1 aromatic rings. The molecule has 1 aliphatic rings. The lowest BCUT2D eigenvalue weighted by atomic mass is 10.1. The number of urea groups is 1. The van der Waals surface area contributed by atoms with Crippen LogP contribution in [0.3, 0.4) is 0 Å². The zero-order chi connectivity index (χ0) is 15.6. The van der Waals surface area contributed by atoms with Crippen LogP contribution in [-0.2, 0) is 4.79 Å². The van der Waals surface area contributed by atoms with Crippen LogP contribution >= 0.6 is 0 Å². The number of hydrogen-bond acceptors (Lipinski definition) is 3. The standard InChI is InChI=1S/C14H17FN2O4/c1-8(10-4-2-3-5-11(10)15)16-14(21)17-7-9(18)6-12(17)13(19)20/h2-5,8-9,12,18H,6-7H2,1H3,(H,16,21)(H,19,20). The fourth-order valence-corrected chi connectivity index (χ4v) is 2.44. The minimum atomic E-state index is -1.17. The number of rotatable bonds is 3. The zero-order valence-corrected chi connectivity index (χ0v) is 11.5. The summed E-state index contributed by atoms with van der Waals surface area (Å²) in [5.41, 5.74) is 0.317. The summed E-state index contributed by atoms with van der Waals surface area (Å²) in [6, 6.07) is 3.74. The number of aliphatic hydroxyl groups is 1. The van der Waals surface area contributed by atoms with Gasteiger partial charge in [-0.2, -0.15) is 0 Å². The number of hydrogen-bond donors (Lipinski definition) is 3. The van der Waals surface area contributed by atoms with E-state index in [-0.39, 0.29) is 13.0 Å². The van der Waals surface area contributed by atoms with Gasteiger partial charge in [0, 0.05) is 18.5 Å². The molecule has 0 aromatic heterocycles. The van der Waals surface area contributed by atoms with Gasteiger partial charge in [-0.05, 0) is 13.0 Å². The highest BCUT2D eigenvalue weighted by Gasteiger charge is 2.39. The van der Waals surface area contributed by atoms with E-state index < -0.39 is 36.0 Å². The van der Waals surface area contributed by atoms with Crippen molar-refractivity contribution in [2.75, 3.05) is 6.54 Å². The second-order valence-electron chi connectivity index (χ2n) is 5.09. The van der Waals surface area contributed by atoms with Crippen molar-refractivity contribution in [3.63, 3.8) is 0 Å². The first-order chi connectivity index (χ1) is 9.90. The SMILES string of the molecule is CC(NC(=O)N1CC(O)CC1C(=O)O)c1ccccc1F. The molecule has 3 atom stereocenters. The Balaban J connectivity index is 2.07. The number of carboxylic acids is 1. The zero-order valence-electron chi connectivity index (χ0n) is 11.5. The Morgan fingerprint density at radius 1 is 1.43 bits per heavy atom. The summed E-state index contributed by atoms with van der Waals surface area (Å²) < 4.78 is 13.6. The number of benzene rings is 1. The van der Waals surface area contributed by atoms with Crippen LogP contribution in [0, 0.1) is 5.82 Å². The highest BCUT2D eigenvalue weighted by atomic mass is 19.1. The first-order valence-electron chi connectivity index (χ1n) is 6.62. The number of halogens is 1. The quantitative estimate of drug-likeness (QED) is 0.779. The molecule has 2 rings (SSSR count). The van der Waals surface area contributed by atoms with Gasteiger partial charge in [0.15, 0.2) is 0 Å². The molecule has 1 aromatic carbocycles. The number of aliphatic carboxylic acids is 1. The molecule has 0 spiro atoms. The number of likely N-dealkylation sites (tertiary alicyclic amines) is 1. The molecule has 1 aliphatic heterocycles. The van der Waals surface area contributed by atoms with E-state index in [9.17, 15) is 19.1 Å². The second kappa shape index (κ2) is 6.09. The summed E-state index contributed by atoms with van der Waals surface area (Å²) in [5, 5.41) is 21.1. The summed E-state index contributed by atoms with van der Waals surface area (Å²) in [5.74, 6) is -1.61. The Bertz CT molecular complexity index is 552. The summed E-state index contributed by atoms with van der Waals surface area (Å²) in [7, 11) is 0.